The molecule has 96 valence electrons. The molecule has 0 aromatic carbocycles. The molecule has 0 aromatic rings. The molecule has 0 heterocycles. The summed E-state index contributed by atoms with van der Waals surface area (Å²) in [5, 5.41) is 0. The SMILES string of the molecule is [NH4+].[NH4+].[NH4+].[NH4+].[S]=[W](=[S])([S-])[S-].[S]=[W](=[S])([S-])[S-]. The molecular weight excluding hydrogens is 680 g/mol. The molecule has 4 nitrogen and oxygen atoms in total. The molecule has 0 saturated heterocycles. The van der Waals surface area contributed by atoms with E-state index in [1.165, 1.54) is 0 Å². The predicted octanol–water partition coefficient (Wildman–Crippen LogP) is 4.08. The fraction of sp³-hybridized carbons (Fsp3) is 0. The fourth-order valence-electron chi connectivity index (χ4n) is 0. The van der Waals surface area contributed by atoms with E-state index in [0.29, 0.717) is 0 Å². The molecule has 0 aliphatic rings. The van der Waals surface area contributed by atoms with Crippen molar-refractivity contribution in [1.82, 2.24) is 24.6 Å². The molecular formula is H16N4S8W2. The van der Waals surface area contributed by atoms with Gasteiger partial charge in [0.15, 0.2) is 0 Å². The molecule has 16 N–H and O–H groups in total. The van der Waals surface area contributed by atoms with Crippen LogP contribution in [0.1, 0.15) is 0 Å². The second-order valence-electron chi connectivity index (χ2n) is 0.816. The zero-order chi connectivity index (χ0) is 9.00. The molecule has 0 fully saturated rings. The molecule has 0 unspecified atom stereocenters. The van der Waals surface area contributed by atoms with Gasteiger partial charge >= 0.3 is 100 Å². The second-order valence-corrected chi connectivity index (χ2v) is 60.1. The molecule has 0 spiro atoms. The Morgan fingerprint density at radius 1 is 0.500 bits per heavy atom. The average molecular weight is 696 g/mol. The van der Waals surface area contributed by atoms with Crippen LogP contribution < -0.4 is 24.6 Å². The van der Waals surface area contributed by atoms with Crippen LogP contribution in [0.25, 0.3) is 0 Å². The zero-order valence-corrected chi connectivity index (χ0v) is 20.5. The van der Waals surface area contributed by atoms with Crippen LogP contribution in [0.15, 0.2) is 0 Å². The van der Waals surface area contributed by atoms with Gasteiger partial charge < -0.3 is 24.6 Å². The Labute approximate surface area is 122 Å². The van der Waals surface area contributed by atoms with Crippen molar-refractivity contribution in [2.45, 2.75) is 0 Å². The first-order chi connectivity index (χ1) is 4.00. The first kappa shape index (κ1) is 36.0. The first-order valence-electron chi connectivity index (χ1n) is 1.33. The normalized spacial score (nSPS) is 8.29. The van der Waals surface area contributed by atoms with E-state index in [9.17, 15) is 0 Å². The van der Waals surface area contributed by atoms with Crippen LogP contribution in [0.4, 0.5) is 0 Å². The quantitative estimate of drug-likeness (QED) is 0.278. The monoisotopic (exact) mass is 696 g/mol. The third kappa shape index (κ3) is 266. The van der Waals surface area contributed by atoms with Gasteiger partial charge in [-0.1, -0.05) is 0 Å². The first-order valence-corrected chi connectivity index (χ1v) is 32.7. The maximum absolute atomic E-state index is 4.48. The van der Waals surface area contributed by atoms with E-state index < -0.39 is 19.7 Å². The van der Waals surface area contributed by atoms with Crippen molar-refractivity contribution in [1.29, 1.82) is 0 Å². The molecule has 0 aliphatic heterocycles. The third-order valence-electron chi connectivity index (χ3n) is 0. The van der Waals surface area contributed by atoms with E-state index in [1.54, 1.807) is 0 Å². The van der Waals surface area contributed by atoms with Crippen LogP contribution >= 0.6 is 39.3 Å². The maximum atomic E-state index is 4.48. The average Bonchev–Trinajstić information content (AvgIpc) is 1.12. The molecule has 14 heavy (non-hydrogen) atoms. The number of hydrogen-bond donors (Lipinski definition) is 4. The minimum absolute atomic E-state index is 0. The summed E-state index contributed by atoms with van der Waals surface area (Å²) in [5.41, 5.74) is 0. The van der Waals surface area contributed by atoms with Gasteiger partial charge in [0.1, 0.15) is 0 Å². The van der Waals surface area contributed by atoms with Crippen LogP contribution in [-0.2, 0) is 61.1 Å². The van der Waals surface area contributed by atoms with Gasteiger partial charge in [-0.05, 0) is 0 Å². The molecule has 0 rings (SSSR count). The Hall–Kier alpha value is 3.50. The van der Waals surface area contributed by atoms with Crippen LogP contribution in [0.2, 0.25) is 0 Å². The van der Waals surface area contributed by atoms with Gasteiger partial charge in [-0.15, -0.1) is 0 Å². The molecule has 0 aliphatic carbocycles. The minimum atomic E-state index is -2.83. The summed E-state index contributed by atoms with van der Waals surface area (Å²) in [6, 6.07) is 0. The van der Waals surface area contributed by atoms with Gasteiger partial charge in [0.2, 0.25) is 0 Å². The van der Waals surface area contributed by atoms with E-state index in [0.717, 1.165) is 0 Å². The number of rotatable bonds is 0. The summed E-state index contributed by atoms with van der Waals surface area (Å²) >= 11 is 0. The molecule has 0 aromatic heterocycles. The van der Waals surface area contributed by atoms with Crippen LogP contribution in [0.5, 0.6) is 0 Å². The molecule has 0 atom stereocenters. The summed E-state index contributed by atoms with van der Waals surface area (Å²) in [6.07, 6.45) is 0. The van der Waals surface area contributed by atoms with Crippen LogP contribution in [0, 0.1) is 0 Å². The molecule has 0 amide bonds. The third-order valence-corrected chi connectivity index (χ3v) is 0. The van der Waals surface area contributed by atoms with Crippen LogP contribution in [-0.4, -0.2) is 0 Å². The molecule has 0 bridgehead atoms. The van der Waals surface area contributed by atoms with Crippen LogP contribution in [0.3, 0.4) is 0 Å². The van der Waals surface area contributed by atoms with Crippen molar-refractivity contribution in [3.63, 3.8) is 0 Å². The summed E-state index contributed by atoms with van der Waals surface area (Å²) in [5.74, 6) is 0. The van der Waals surface area contributed by atoms with Crippen molar-refractivity contribution in [2.75, 3.05) is 0 Å². The Balaban J connectivity index is -0.0000000178. The van der Waals surface area contributed by atoms with Gasteiger partial charge in [0, 0.05) is 0 Å². The van der Waals surface area contributed by atoms with Crippen molar-refractivity contribution < 1.29 is 19.7 Å². The van der Waals surface area contributed by atoms with Crippen molar-refractivity contribution in [2.24, 2.45) is 0 Å². The standard InChI is InChI=1S/4H3N.8S.2W/h4*1H3;;;;;;;;;;/q;;;;;;;;4*-1;;/p+4. The fourth-order valence-corrected chi connectivity index (χ4v) is 0. The molecule has 0 radical (unpaired) electrons. The van der Waals surface area contributed by atoms with E-state index in [2.05, 4.69) is 80.6 Å². The Bertz CT molecular complexity index is 216. The zero-order valence-electron chi connectivity index (χ0n) is 8.08. The van der Waals surface area contributed by atoms with E-state index in [4.69, 9.17) is 0 Å². The molecule has 0 saturated carbocycles. The van der Waals surface area contributed by atoms with Crippen molar-refractivity contribution in [3.05, 3.63) is 0 Å². The van der Waals surface area contributed by atoms with Gasteiger partial charge in [0.25, 0.3) is 0 Å². The summed E-state index contributed by atoms with van der Waals surface area (Å²) in [7, 11) is 30.2. The van der Waals surface area contributed by atoms with Crippen molar-refractivity contribution >= 4 is 80.6 Å². The topological polar surface area (TPSA) is 146 Å². The van der Waals surface area contributed by atoms with Gasteiger partial charge in [-0.3, -0.25) is 0 Å². The molecule has 14 heteroatoms. The Kier molecular flexibility index (Phi) is 42.4. The Morgan fingerprint density at radius 2 is 0.500 bits per heavy atom. The summed E-state index contributed by atoms with van der Waals surface area (Å²) in [6.45, 7) is 0. The Morgan fingerprint density at radius 3 is 0.500 bits per heavy atom. The predicted molar refractivity (Wildman–Crippen MR) is 83.8 cm³/mol. The second kappa shape index (κ2) is 16.5. The van der Waals surface area contributed by atoms with E-state index in [-0.39, 0.29) is 24.6 Å². The van der Waals surface area contributed by atoms with E-state index >= 15 is 0 Å². The summed E-state index contributed by atoms with van der Waals surface area (Å²) < 4.78 is 0. The van der Waals surface area contributed by atoms with Gasteiger partial charge in [0.05, 0.1) is 0 Å². The van der Waals surface area contributed by atoms with E-state index in [1.807, 2.05) is 0 Å². The summed E-state index contributed by atoms with van der Waals surface area (Å²) in [4.78, 5) is 0. The number of hydrogen-bond acceptors (Lipinski definition) is 8. The van der Waals surface area contributed by atoms with Crippen molar-refractivity contribution in [3.8, 4) is 0 Å². The van der Waals surface area contributed by atoms with Gasteiger partial charge in [-0.2, -0.15) is 0 Å². The number of quaternary nitrogens is 4. The van der Waals surface area contributed by atoms with Gasteiger partial charge in [-0.25, -0.2) is 0 Å².